The summed E-state index contributed by atoms with van der Waals surface area (Å²) < 4.78 is 6.77. The van der Waals surface area contributed by atoms with Crippen LogP contribution in [0.3, 0.4) is 0 Å². The molecule has 2 aromatic heterocycles. The lowest BCUT2D eigenvalue weighted by molar-refractivity contribution is 0.0713. The Balaban J connectivity index is 1.35. The van der Waals surface area contributed by atoms with E-state index >= 15 is 0 Å². The SMILES string of the molecule is CO/N=C1\CC(c2nc(CSc3cccs3)no2)N(C(=O)c2ccc(-c3ccccc3)cc2)C1. The number of oxime groups is 1. The van der Waals surface area contributed by atoms with Crippen LogP contribution in [0.25, 0.3) is 11.1 Å². The third-order valence-electron chi connectivity index (χ3n) is 5.49. The normalized spacial score (nSPS) is 16.8. The van der Waals surface area contributed by atoms with Gasteiger partial charge in [0.2, 0.25) is 5.89 Å². The number of thiophene rings is 1. The van der Waals surface area contributed by atoms with Gasteiger partial charge in [0.15, 0.2) is 5.82 Å². The minimum atomic E-state index is -0.386. The van der Waals surface area contributed by atoms with Crippen LogP contribution in [0.5, 0.6) is 0 Å². The molecule has 0 N–H and O–H groups in total. The number of amides is 1. The van der Waals surface area contributed by atoms with Crippen LogP contribution < -0.4 is 0 Å². The van der Waals surface area contributed by atoms with Gasteiger partial charge in [0.25, 0.3) is 5.91 Å². The highest BCUT2D eigenvalue weighted by atomic mass is 32.2. The lowest BCUT2D eigenvalue weighted by Crippen LogP contribution is -2.31. The highest BCUT2D eigenvalue weighted by Gasteiger charge is 2.38. The fourth-order valence-electron chi connectivity index (χ4n) is 3.88. The molecule has 0 saturated carbocycles. The van der Waals surface area contributed by atoms with E-state index in [4.69, 9.17) is 9.36 Å². The first-order valence-corrected chi connectivity index (χ1v) is 12.6. The molecule has 1 aliphatic rings. The Morgan fingerprint density at radius 3 is 2.68 bits per heavy atom. The van der Waals surface area contributed by atoms with Crippen molar-refractivity contribution in [3.63, 3.8) is 0 Å². The lowest BCUT2D eigenvalue weighted by atomic mass is 10.0. The number of carbonyl (C=O) groups is 1. The summed E-state index contributed by atoms with van der Waals surface area (Å²) in [5, 5.41) is 10.3. The van der Waals surface area contributed by atoms with Gasteiger partial charge >= 0.3 is 0 Å². The summed E-state index contributed by atoms with van der Waals surface area (Å²) >= 11 is 3.33. The highest BCUT2D eigenvalue weighted by molar-refractivity contribution is 8.00. The molecule has 2 aromatic carbocycles. The second kappa shape index (κ2) is 10.2. The van der Waals surface area contributed by atoms with Crippen molar-refractivity contribution in [3.8, 4) is 11.1 Å². The van der Waals surface area contributed by atoms with Crippen molar-refractivity contribution in [2.75, 3.05) is 13.7 Å². The van der Waals surface area contributed by atoms with E-state index in [0.29, 0.717) is 36.0 Å². The minimum Gasteiger partial charge on any atom is -0.399 e. The largest absolute Gasteiger partial charge is 0.399 e. The molecule has 7 nitrogen and oxygen atoms in total. The molecular formula is C25H22N4O3S2. The summed E-state index contributed by atoms with van der Waals surface area (Å²) in [5.41, 5.74) is 3.52. The summed E-state index contributed by atoms with van der Waals surface area (Å²) in [5.74, 6) is 1.51. The topological polar surface area (TPSA) is 80.8 Å². The Hall–Kier alpha value is -3.43. The second-order valence-corrected chi connectivity index (χ2v) is 9.93. The van der Waals surface area contributed by atoms with Crippen molar-refractivity contribution in [1.82, 2.24) is 15.0 Å². The Kier molecular flexibility index (Phi) is 6.73. The smallest absolute Gasteiger partial charge is 0.254 e. The molecule has 172 valence electrons. The van der Waals surface area contributed by atoms with Crippen molar-refractivity contribution >= 4 is 34.7 Å². The summed E-state index contributed by atoms with van der Waals surface area (Å²) in [6, 6.07) is 21.4. The predicted molar refractivity (Wildman–Crippen MR) is 133 cm³/mol. The number of hydrogen-bond donors (Lipinski definition) is 0. The lowest BCUT2D eigenvalue weighted by Gasteiger charge is -2.21. The standard InChI is InChI=1S/C25H22N4O3S2/c1-31-27-20-14-21(24-26-22(28-32-24)16-34-23-8-5-13-33-23)29(15-20)25(30)19-11-9-18(10-12-19)17-6-3-2-4-7-17/h2-13,21H,14-16H2,1H3/b27-20+. The van der Waals surface area contributed by atoms with Gasteiger partial charge in [-0.05, 0) is 34.7 Å². The van der Waals surface area contributed by atoms with Crippen LogP contribution in [0, 0.1) is 0 Å². The summed E-state index contributed by atoms with van der Waals surface area (Å²) in [7, 11) is 1.50. The quantitative estimate of drug-likeness (QED) is 0.245. The van der Waals surface area contributed by atoms with E-state index < -0.39 is 0 Å². The zero-order valence-electron chi connectivity index (χ0n) is 18.5. The molecule has 9 heteroatoms. The Morgan fingerprint density at radius 1 is 1.15 bits per heavy atom. The van der Waals surface area contributed by atoms with Gasteiger partial charge in [-0.25, -0.2) is 0 Å². The first kappa shape index (κ1) is 22.4. The number of aromatic nitrogens is 2. The minimum absolute atomic E-state index is 0.112. The van der Waals surface area contributed by atoms with Crippen LogP contribution in [0.1, 0.15) is 34.5 Å². The maximum atomic E-state index is 13.5. The number of carbonyl (C=O) groups excluding carboxylic acids is 1. The molecule has 1 unspecified atom stereocenters. The fourth-order valence-corrected chi connectivity index (χ4v) is 5.51. The number of nitrogens with zero attached hydrogens (tertiary/aromatic N) is 4. The molecule has 4 aromatic rings. The fraction of sp³-hybridized carbons (Fsp3) is 0.200. The Labute approximate surface area is 205 Å². The predicted octanol–water partition coefficient (Wildman–Crippen LogP) is 5.68. The molecule has 1 saturated heterocycles. The molecule has 0 spiro atoms. The van der Waals surface area contributed by atoms with E-state index in [1.54, 1.807) is 28.0 Å². The van der Waals surface area contributed by atoms with Crippen molar-refractivity contribution in [3.05, 3.63) is 89.4 Å². The first-order valence-electron chi connectivity index (χ1n) is 10.8. The number of thioether (sulfide) groups is 1. The van der Waals surface area contributed by atoms with Crippen molar-refractivity contribution in [2.45, 2.75) is 22.4 Å². The van der Waals surface area contributed by atoms with Gasteiger partial charge in [0, 0.05) is 12.0 Å². The molecule has 1 fully saturated rings. The van der Waals surface area contributed by atoms with Gasteiger partial charge in [-0.1, -0.05) is 58.8 Å². The zero-order chi connectivity index (χ0) is 23.3. The van der Waals surface area contributed by atoms with Crippen molar-refractivity contribution < 1.29 is 14.2 Å². The van der Waals surface area contributed by atoms with Crippen LogP contribution >= 0.6 is 23.1 Å². The van der Waals surface area contributed by atoms with Crippen molar-refractivity contribution in [2.24, 2.45) is 5.16 Å². The molecule has 34 heavy (non-hydrogen) atoms. The summed E-state index contributed by atoms with van der Waals surface area (Å²) in [4.78, 5) is 24.7. The van der Waals surface area contributed by atoms with Gasteiger partial charge in [-0.3, -0.25) is 4.79 Å². The van der Waals surface area contributed by atoms with Gasteiger partial charge in [-0.2, -0.15) is 4.98 Å². The molecule has 5 rings (SSSR count). The van der Waals surface area contributed by atoms with E-state index in [0.717, 1.165) is 16.8 Å². The van der Waals surface area contributed by atoms with Crippen LogP contribution in [0.2, 0.25) is 0 Å². The maximum absolute atomic E-state index is 13.5. The molecule has 0 aliphatic carbocycles. The molecular weight excluding hydrogens is 468 g/mol. The monoisotopic (exact) mass is 490 g/mol. The average molecular weight is 491 g/mol. The molecule has 0 radical (unpaired) electrons. The number of benzene rings is 2. The van der Waals surface area contributed by atoms with E-state index in [1.807, 2.05) is 66.0 Å². The molecule has 1 atom stereocenters. The average Bonchev–Trinajstić information content (AvgIpc) is 3.64. The van der Waals surface area contributed by atoms with Crippen LogP contribution in [-0.2, 0) is 10.6 Å². The van der Waals surface area contributed by atoms with E-state index in [2.05, 4.69) is 21.4 Å². The highest BCUT2D eigenvalue weighted by Crippen LogP contribution is 2.33. The van der Waals surface area contributed by atoms with Gasteiger partial charge < -0.3 is 14.3 Å². The molecule has 1 amide bonds. The molecule has 1 aliphatic heterocycles. The van der Waals surface area contributed by atoms with Crippen LogP contribution in [0.4, 0.5) is 0 Å². The van der Waals surface area contributed by atoms with Crippen LogP contribution in [-0.4, -0.2) is 40.3 Å². The van der Waals surface area contributed by atoms with E-state index in [-0.39, 0.29) is 11.9 Å². The third kappa shape index (κ3) is 4.90. The Bertz CT molecular complexity index is 1270. The zero-order valence-corrected chi connectivity index (χ0v) is 20.1. The van der Waals surface area contributed by atoms with E-state index in [9.17, 15) is 4.79 Å². The molecule has 3 heterocycles. The second-order valence-electron chi connectivity index (χ2n) is 7.71. The molecule has 0 bridgehead atoms. The summed E-state index contributed by atoms with van der Waals surface area (Å²) in [6.45, 7) is 0.347. The van der Waals surface area contributed by atoms with Crippen LogP contribution in [0.15, 0.2) is 86.0 Å². The Morgan fingerprint density at radius 2 is 1.94 bits per heavy atom. The van der Waals surface area contributed by atoms with Gasteiger partial charge in [0.05, 0.1) is 22.2 Å². The van der Waals surface area contributed by atoms with Gasteiger partial charge in [-0.15, -0.1) is 23.1 Å². The van der Waals surface area contributed by atoms with E-state index in [1.165, 1.54) is 11.3 Å². The number of hydrogen-bond acceptors (Lipinski definition) is 8. The third-order valence-corrected chi connectivity index (χ3v) is 7.61. The number of rotatable bonds is 7. The maximum Gasteiger partial charge on any atom is 0.254 e. The summed E-state index contributed by atoms with van der Waals surface area (Å²) in [6.07, 6.45) is 0.487. The number of likely N-dealkylation sites (tertiary alicyclic amines) is 1. The van der Waals surface area contributed by atoms with Crippen molar-refractivity contribution in [1.29, 1.82) is 0 Å². The van der Waals surface area contributed by atoms with Gasteiger partial charge in [0.1, 0.15) is 13.2 Å². The first-order chi connectivity index (χ1) is 16.7.